The van der Waals surface area contributed by atoms with Crippen LogP contribution in [0.25, 0.3) is 0 Å². The highest BCUT2D eigenvalue weighted by atomic mass is 127. The topological polar surface area (TPSA) is 9.23 Å². The van der Waals surface area contributed by atoms with E-state index >= 15 is 0 Å². The lowest BCUT2D eigenvalue weighted by Crippen LogP contribution is -2.23. The predicted octanol–water partition coefficient (Wildman–Crippen LogP) is 4.54. The highest BCUT2D eigenvalue weighted by molar-refractivity contribution is 14.1. The van der Waals surface area contributed by atoms with Crippen molar-refractivity contribution in [3.05, 3.63) is 27.3 Å². The summed E-state index contributed by atoms with van der Waals surface area (Å²) in [6.07, 6.45) is 0. The largest absolute Gasteiger partial charge is 0.488 e. The molecular formula is C13H18FIO. The van der Waals surface area contributed by atoms with Gasteiger partial charge in [0.2, 0.25) is 0 Å². The molecule has 0 heterocycles. The number of hydrogen-bond acceptors (Lipinski definition) is 1. The van der Waals surface area contributed by atoms with Crippen LogP contribution in [0.1, 0.15) is 39.2 Å². The van der Waals surface area contributed by atoms with E-state index in [9.17, 15) is 4.39 Å². The van der Waals surface area contributed by atoms with E-state index in [1.807, 2.05) is 45.9 Å². The maximum absolute atomic E-state index is 12.6. The Morgan fingerprint density at radius 3 is 2.44 bits per heavy atom. The van der Waals surface area contributed by atoms with Crippen LogP contribution in [-0.4, -0.2) is 12.3 Å². The summed E-state index contributed by atoms with van der Waals surface area (Å²) in [5.41, 5.74) is 0.773. The average Bonchev–Trinajstić information content (AvgIpc) is 2.12. The van der Waals surface area contributed by atoms with Gasteiger partial charge in [-0.25, -0.2) is 0 Å². The summed E-state index contributed by atoms with van der Waals surface area (Å²) in [5, 5.41) is 0. The predicted molar refractivity (Wildman–Crippen MR) is 73.9 cm³/mol. The molecule has 1 aromatic rings. The molecule has 0 amide bonds. The highest BCUT2D eigenvalue weighted by Crippen LogP contribution is 2.27. The van der Waals surface area contributed by atoms with Crippen molar-refractivity contribution in [2.24, 2.45) is 0 Å². The zero-order valence-corrected chi connectivity index (χ0v) is 12.3. The Hall–Kier alpha value is -0.320. The van der Waals surface area contributed by atoms with Crippen molar-refractivity contribution in [1.82, 2.24) is 0 Å². The van der Waals surface area contributed by atoms with Gasteiger partial charge in [0.05, 0.1) is 6.67 Å². The molecule has 1 atom stereocenters. The fourth-order valence-corrected chi connectivity index (χ4v) is 2.04. The van der Waals surface area contributed by atoms with Crippen molar-refractivity contribution < 1.29 is 9.13 Å². The van der Waals surface area contributed by atoms with Gasteiger partial charge in [-0.05, 0) is 67.1 Å². The average molecular weight is 336 g/mol. The molecule has 0 radical (unpaired) electrons. The third-order valence-electron chi connectivity index (χ3n) is 2.12. The van der Waals surface area contributed by atoms with Crippen molar-refractivity contribution in [3.8, 4) is 5.75 Å². The van der Waals surface area contributed by atoms with Gasteiger partial charge >= 0.3 is 0 Å². The van der Waals surface area contributed by atoms with Gasteiger partial charge in [0.1, 0.15) is 11.4 Å². The van der Waals surface area contributed by atoms with E-state index in [2.05, 4.69) is 22.6 Å². The molecule has 0 saturated carbocycles. The van der Waals surface area contributed by atoms with Crippen LogP contribution in [0.5, 0.6) is 5.75 Å². The van der Waals surface area contributed by atoms with E-state index in [4.69, 9.17) is 4.74 Å². The maximum atomic E-state index is 12.6. The molecule has 90 valence electrons. The van der Waals surface area contributed by atoms with Crippen LogP contribution in [-0.2, 0) is 0 Å². The Morgan fingerprint density at radius 2 is 1.94 bits per heavy atom. The molecule has 0 aromatic heterocycles. The highest BCUT2D eigenvalue weighted by Gasteiger charge is 2.14. The molecule has 0 N–H and O–H groups in total. The standard InChI is InChI=1S/C13H18FIO/c1-9(8-14)10-5-11(15)7-12(6-10)16-13(2,3)4/h5-7,9H,8H2,1-4H3. The van der Waals surface area contributed by atoms with Crippen LogP contribution in [0.4, 0.5) is 4.39 Å². The van der Waals surface area contributed by atoms with E-state index in [0.717, 1.165) is 14.9 Å². The van der Waals surface area contributed by atoms with Gasteiger partial charge in [-0.3, -0.25) is 4.39 Å². The number of alkyl halides is 1. The molecule has 1 aromatic carbocycles. The van der Waals surface area contributed by atoms with E-state index < -0.39 is 0 Å². The molecule has 1 rings (SSSR count). The van der Waals surface area contributed by atoms with Gasteiger partial charge in [-0.1, -0.05) is 6.92 Å². The van der Waals surface area contributed by atoms with Crippen molar-refractivity contribution in [2.45, 2.75) is 39.2 Å². The van der Waals surface area contributed by atoms with Crippen LogP contribution < -0.4 is 4.74 Å². The smallest absolute Gasteiger partial charge is 0.121 e. The second-order valence-corrected chi connectivity index (χ2v) is 6.24. The van der Waals surface area contributed by atoms with Gasteiger partial charge in [0.25, 0.3) is 0 Å². The first kappa shape index (κ1) is 13.7. The van der Waals surface area contributed by atoms with E-state index in [1.54, 1.807) is 0 Å². The summed E-state index contributed by atoms with van der Waals surface area (Å²) in [7, 11) is 0. The van der Waals surface area contributed by atoms with Gasteiger partial charge in [-0.2, -0.15) is 0 Å². The van der Waals surface area contributed by atoms with E-state index in [1.165, 1.54) is 0 Å². The first-order valence-electron chi connectivity index (χ1n) is 5.37. The van der Waals surface area contributed by atoms with Crippen molar-refractivity contribution in [3.63, 3.8) is 0 Å². The van der Waals surface area contributed by atoms with Gasteiger partial charge < -0.3 is 4.74 Å². The molecular weight excluding hydrogens is 318 g/mol. The molecule has 0 aliphatic rings. The Kier molecular flexibility index (Phi) is 4.59. The summed E-state index contributed by atoms with van der Waals surface area (Å²) in [4.78, 5) is 0. The maximum Gasteiger partial charge on any atom is 0.121 e. The number of halogens is 2. The molecule has 3 heteroatoms. The van der Waals surface area contributed by atoms with Crippen LogP contribution in [0, 0.1) is 3.57 Å². The SMILES string of the molecule is CC(CF)c1cc(I)cc(OC(C)(C)C)c1. The van der Waals surface area contributed by atoms with Crippen molar-refractivity contribution in [1.29, 1.82) is 0 Å². The lowest BCUT2D eigenvalue weighted by molar-refractivity contribution is 0.130. The van der Waals surface area contributed by atoms with Crippen LogP contribution in [0.3, 0.4) is 0 Å². The van der Waals surface area contributed by atoms with E-state index in [0.29, 0.717) is 0 Å². The van der Waals surface area contributed by atoms with Gasteiger partial charge in [-0.15, -0.1) is 0 Å². The lowest BCUT2D eigenvalue weighted by Gasteiger charge is -2.22. The summed E-state index contributed by atoms with van der Waals surface area (Å²) in [6, 6.07) is 5.90. The second kappa shape index (κ2) is 5.34. The third-order valence-corrected chi connectivity index (χ3v) is 2.74. The summed E-state index contributed by atoms with van der Waals surface area (Å²) >= 11 is 2.23. The quantitative estimate of drug-likeness (QED) is 0.737. The van der Waals surface area contributed by atoms with Crippen LogP contribution in [0.2, 0.25) is 0 Å². The Bertz CT molecular complexity index is 357. The zero-order valence-electron chi connectivity index (χ0n) is 10.2. The van der Waals surface area contributed by atoms with E-state index in [-0.39, 0.29) is 18.2 Å². The molecule has 0 saturated heterocycles. The fourth-order valence-electron chi connectivity index (χ4n) is 1.37. The zero-order chi connectivity index (χ0) is 12.3. The Balaban J connectivity index is 2.99. The first-order valence-corrected chi connectivity index (χ1v) is 6.45. The van der Waals surface area contributed by atoms with Gasteiger partial charge in [0, 0.05) is 9.49 Å². The minimum absolute atomic E-state index is 0.0722. The third kappa shape index (κ3) is 4.28. The molecule has 1 unspecified atom stereocenters. The monoisotopic (exact) mass is 336 g/mol. The van der Waals surface area contributed by atoms with Crippen molar-refractivity contribution in [2.75, 3.05) is 6.67 Å². The minimum atomic E-state index is -0.338. The van der Waals surface area contributed by atoms with Crippen molar-refractivity contribution >= 4 is 22.6 Å². The van der Waals surface area contributed by atoms with Crippen LogP contribution in [0.15, 0.2) is 18.2 Å². The number of hydrogen-bond donors (Lipinski definition) is 0. The molecule has 0 aliphatic carbocycles. The molecule has 0 aliphatic heterocycles. The molecule has 0 spiro atoms. The summed E-state index contributed by atoms with van der Waals surface area (Å²) < 4.78 is 19.5. The first-order chi connectivity index (χ1) is 7.31. The number of rotatable bonds is 3. The summed E-state index contributed by atoms with van der Waals surface area (Å²) in [5.74, 6) is 0.742. The minimum Gasteiger partial charge on any atom is -0.488 e. The molecule has 1 nitrogen and oxygen atoms in total. The normalized spacial score (nSPS) is 13.6. The molecule has 16 heavy (non-hydrogen) atoms. The molecule has 0 bridgehead atoms. The molecule has 0 fully saturated rings. The van der Waals surface area contributed by atoms with Crippen LogP contribution >= 0.6 is 22.6 Å². The Labute approximate surface area is 111 Å². The van der Waals surface area contributed by atoms with Gasteiger partial charge in [0.15, 0.2) is 0 Å². The second-order valence-electron chi connectivity index (χ2n) is 4.99. The number of benzene rings is 1. The fraction of sp³-hybridized carbons (Fsp3) is 0.538. The number of ether oxygens (including phenoxy) is 1. The lowest BCUT2D eigenvalue weighted by atomic mass is 10.0. The Morgan fingerprint density at radius 1 is 1.31 bits per heavy atom. The summed E-state index contributed by atoms with van der Waals surface area (Å²) in [6.45, 7) is 7.56.